The fourth-order valence-electron chi connectivity index (χ4n) is 1.38. The first-order valence-electron chi connectivity index (χ1n) is 4.04. The fraction of sp³-hybridized carbons (Fsp3) is 0.250. The highest BCUT2D eigenvalue weighted by Gasteiger charge is 2.21. The summed E-state index contributed by atoms with van der Waals surface area (Å²) < 4.78 is 3.97. The third-order valence-electron chi connectivity index (χ3n) is 2.08. The van der Waals surface area contributed by atoms with E-state index >= 15 is 0 Å². The van der Waals surface area contributed by atoms with E-state index in [2.05, 4.69) is 37.0 Å². The van der Waals surface area contributed by atoms with Crippen molar-refractivity contribution >= 4 is 36.8 Å². The van der Waals surface area contributed by atoms with E-state index < -0.39 is 0 Å². The number of fused-ring (bicyclic) bond motifs is 1. The molecule has 1 unspecified atom stereocenters. The second kappa shape index (κ2) is 3.48. The highest BCUT2D eigenvalue weighted by Crippen LogP contribution is 2.23. The Hall–Kier alpha value is -0.670. The molecule has 0 saturated carbocycles. The SMILES string of the molecule is C=C1CN(P)C(=O)Cn2nc(Br)cc21. The van der Waals surface area contributed by atoms with Gasteiger partial charge in [0, 0.05) is 0 Å². The Labute approximate surface area is 92.3 Å². The molecule has 1 aliphatic rings. The Morgan fingerprint density at radius 1 is 1.57 bits per heavy atom. The first-order chi connectivity index (χ1) is 6.58. The molecule has 0 fully saturated rings. The van der Waals surface area contributed by atoms with Crippen LogP contribution in [0.5, 0.6) is 0 Å². The normalized spacial score (nSPS) is 16.9. The predicted molar refractivity (Wildman–Crippen MR) is 60.4 cm³/mol. The van der Waals surface area contributed by atoms with Crippen molar-refractivity contribution in [3.8, 4) is 0 Å². The van der Waals surface area contributed by atoms with Gasteiger partial charge in [0.15, 0.2) is 0 Å². The van der Waals surface area contributed by atoms with E-state index in [9.17, 15) is 4.79 Å². The van der Waals surface area contributed by atoms with Crippen LogP contribution in [0.4, 0.5) is 0 Å². The van der Waals surface area contributed by atoms with Crippen LogP contribution in [-0.4, -0.2) is 26.9 Å². The van der Waals surface area contributed by atoms with E-state index in [1.807, 2.05) is 6.07 Å². The molecule has 0 radical (unpaired) electrons. The fourth-order valence-corrected chi connectivity index (χ4v) is 2.09. The van der Waals surface area contributed by atoms with Gasteiger partial charge in [-0.05, 0) is 37.0 Å². The molecule has 0 N–H and O–H groups in total. The zero-order chi connectivity index (χ0) is 10.3. The predicted octanol–water partition coefficient (Wildman–Crippen LogP) is 1.29. The highest BCUT2D eigenvalue weighted by atomic mass is 79.9. The number of nitrogens with zero attached hydrogens (tertiary/aromatic N) is 3. The molecule has 0 spiro atoms. The van der Waals surface area contributed by atoms with E-state index in [0.717, 1.165) is 15.9 Å². The topological polar surface area (TPSA) is 38.1 Å². The summed E-state index contributed by atoms with van der Waals surface area (Å²) in [5.41, 5.74) is 1.80. The molecule has 0 aliphatic carbocycles. The molecule has 2 rings (SSSR count). The maximum atomic E-state index is 11.5. The number of amides is 1. The molecule has 1 aliphatic heterocycles. The summed E-state index contributed by atoms with van der Waals surface area (Å²) in [4.78, 5) is 11.5. The lowest BCUT2D eigenvalue weighted by atomic mass is 10.2. The van der Waals surface area contributed by atoms with Crippen LogP contribution in [0.1, 0.15) is 5.69 Å². The zero-order valence-electron chi connectivity index (χ0n) is 7.40. The standard InChI is InChI=1S/C8H9BrN3OP/c1-5-3-12(14)8(13)4-11-6(5)2-7(9)10-11/h2H,1,3-4,14H2. The van der Waals surface area contributed by atoms with Crippen molar-refractivity contribution in [1.29, 1.82) is 0 Å². The molecule has 1 aromatic heterocycles. The van der Waals surface area contributed by atoms with E-state index in [1.54, 1.807) is 9.35 Å². The Balaban J connectivity index is 2.46. The van der Waals surface area contributed by atoms with Gasteiger partial charge in [-0.15, -0.1) is 0 Å². The van der Waals surface area contributed by atoms with E-state index in [4.69, 9.17) is 0 Å². The number of carbonyl (C=O) groups is 1. The zero-order valence-corrected chi connectivity index (χ0v) is 10.1. The Bertz CT molecular complexity index is 415. The second-order valence-corrected chi connectivity index (χ2v) is 4.57. The van der Waals surface area contributed by atoms with Gasteiger partial charge in [0.2, 0.25) is 5.91 Å². The van der Waals surface area contributed by atoms with Crippen LogP contribution >= 0.6 is 25.3 Å². The van der Waals surface area contributed by atoms with Crippen LogP contribution in [0.25, 0.3) is 5.57 Å². The number of hydrogen-bond donors (Lipinski definition) is 0. The summed E-state index contributed by atoms with van der Waals surface area (Å²) in [7, 11) is 2.40. The largest absolute Gasteiger partial charge is 0.321 e. The van der Waals surface area contributed by atoms with Crippen LogP contribution in [0.2, 0.25) is 0 Å². The van der Waals surface area contributed by atoms with Gasteiger partial charge in [-0.25, -0.2) is 0 Å². The van der Waals surface area contributed by atoms with Gasteiger partial charge in [0.05, 0.1) is 12.2 Å². The van der Waals surface area contributed by atoms with Gasteiger partial charge in [-0.2, -0.15) is 5.10 Å². The van der Waals surface area contributed by atoms with Crippen molar-refractivity contribution in [1.82, 2.24) is 14.5 Å². The maximum Gasteiger partial charge on any atom is 0.247 e. The lowest BCUT2D eigenvalue weighted by molar-refractivity contribution is -0.126. The van der Waals surface area contributed by atoms with Crippen LogP contribution < -0.4 is 0 Å². The average molecular weight is 274 g/mol. The van der Waals surface area contributed by atoms with Crippen molar-refractivity contribution in [2.45, 2.75) is 6.54 Å². The lowest BCUT2D eigenvalue weighted by Crippen LogP contribution is -2.23. The van der Waals surface area contributed by atoms with Gasteiger partial charge >= 0.3 is 0 Å². The molecular formula is C8H9BrN3OP. The first-order valence-corrected chi connectivity index (χ1v) is 5.35. The molecule has 2 heterocycles. The minimum absolute atomic E-state index is 0.0190. The second-order valence-electron chi connectivity index (χ2n) is 3.14. The molecule has 1 aromatic rings. The molecule has 0 bridgehead atoms. The van der Waals surface area contributed by atoms with Crippen LogP contribution in [0.15, 0.2) is 17.2 Å². The van der Waals surface area contributed by atoms with Crippen LogP contribution in [-0.2, 0) is 11.3 Å². The minimum Gasteiger partial charge on any atom is -0.321 e. The minimum atomic E-state index is 0.0190. The quantitative estimate of drug-likeness (QED) is 0.669. The van der Waals surface area contributed by atoms with E-state index in [-0.39, 0.29) is 12.5 Å². The number of carbonyl (C=O) groups excluding carboxylic acids is 1. The smallest absolute Gasteiger partial charge is 0.247 e. The molecule has 0 aromatic carbocycles. The molecular weight excluding hydrogens is 265 g/mol. The lowest BCUT2D eigenvalue weighted by Gasteiger charge is -2.12. The molecule has 74 valence electrons. The summed E-state index contributed by atoms with van der Waals surface area (Å²) in [6.07, 6.45) is 0. The van der Waals surface area contributed by atoms with Crippen molar-refractivity contribution in [2.24, 2.45) is 0 Å². The third-order valence-corrected chi connectivity index (χ3v) is 2.94. The molecule has 0 saturated heterocycles. The van der Waals surface area contributed by atoms with Gasteiger partial charge < -0.3 is 4.67 Å². The molecule has 1 amide bonds. The first kappa shape index (κ1) is 9.87. The Kier molecular flexibility index (Phi) is 2.45. The van der Waals surface area contributed by atoms with Gasteiger partial charge in [-0.3, -0.25) is 9.48 Å². The summed E-state index contributed by atoms with van der Waals surface area (Å²) in [5.74, 6) is 0.0190. The average Bonchev–Trinajstić information content (AvgIpc) is 2.42. The summed E-state index contributed by atoms with van der Waals surface area (Å²) in [5, 5.41) is 4.16. The number of halogens is 1. The van der Waals surface area contributed by atoms with E-state index in [0.29, 0.717) is 6.54 Å². The molecule has 4 nitrogen and oxygen atoms in total. The number of rotatable bonds is 0. The van der Waals surface area contributed by atoms with Gasteiger partial charge in [-0.1, -0.05) is 6.58 Å². The maximum absolute atomic E-state index is 11.5. The highest BCUT2D eigenvalue weighted by molar-refractivity contribution is 9.10. The Morgan fingerprint density at radius 2 is 2.29 bits per heavy atom. The van der Waals surface area contributed by atoms with Crippen molar-refractivity contribution in [3.05, 3.63) is 22.9 Å². The molecule has 6 heteroatoms. The summed E-state index contributed by atoms with van der Waals surface area (Å²) in [6, 6.07) is 1.87. The number of hydrogen-bond acceptors (Lipinski definition) is 2. The van der Waals surface area contributed by atoms with E-state index in [1.165, 1.54) is 0 Å². The van der Waals surface area contributed by atoms with Crippen LogP contribution in [0, 0.1) is 0 Å². The summed E-state index contributed by atoms with van der Waals surface area (Å²) >= 11 is 3.28. The number of aromatic nitrogens is 2. The monoisotopic (exact) mass is 273 g/mol. The van der Waals surface area contributed by atoms with Crippen LogP contribution in [0.3, 0.4) is 0 Å². The molecule has 1 atom stereocenters. The summed E-state index contributed by atoms with van der Waals surface area (Å²) in [6.45, 7) is 4.72. The van der Waals surface area contributed by atoms with Crippen molar-refractivity contribution in [3.63, 3.8) is 0 Å². The van der Waals surface area contributed by atoms with Gasteiger partial charge in [0.1, 0.15) is 11.1 Å². The Morgan fingerprint density at radius 3 is 3.00 bits per heavy atom. The van der Waals surface area contributed by atoms with Crippen molar-refractivity contribution in [2.75, 3.05) is 6.54 Å². The van der Waals surface area contributed by atoms with Gasteiger partial charge in [0.25, 0.3) is 0 Å². The third kappa shape index (κ3) is 1.62. The van der Waals surface area contributed by atoms with Crippen molar-refractivity contribution < 1.29 is 4.79 Å². The molecule has 14 heavy (non-hydrogen) atoms.